The number of rotatable bonds is 6. The fourth-order valence-electron chi connectivity index (χ4n) is 6.04. The van der Waals surface area contributed by atoms with Gasteiger partial charge >= 0.3 is 0 Å². The summed E-state index contributed by atoms with van der Waals surface area (Å²) >= 11 is 12.6. The van der Waals surface area contributed by atoms with Crippen LogP contribution in [0.3, 0.4) is 0 Å². The number of amides is 2. The molecule has 3 aromatic heterocycles. The predicted molar refractivity (Wildman–Crippen MR) is 160 cm³/mol. The number of likely N-dealkylation sites (N-methyl/N-ethyl adjacent to an activating group) is 1. The molecule has 14 heteroatoms. The number of primary amides is 1. The van der Waals surface area contributed by atoms with E-state index >= 15 is 0 Å². The first kappa shape index (κ1) is 28.0. The highest BCUT2D eigenvalue weighted by Crippen LogP contribution is 2.37. The van der Waals surface area contributed by atoms with Gasteiger partial charge < -0.3 is 35.1 Å². The maximum atomic E-state index is 13.3. The minimum Gasteiger partial charge on any atom is -0.506 e. The van der Waals surface area contributed by atoms with Crippen molar-refractivity contribution in [1.82, 2.24) is 24.0 Å². The van der Waals surface area contributed by atoms with Gasteiger partial charge in [-0.25, -0.2) is 9.97 Å². The van der Waals surface area contributed by atoms with E-state index in [4.69, 9.17) is 28.9 Å². The lowest BCUT2D eigenvalue weighted by Crippen LogP contribution is -2.52. The highest BCUT2D eigenvalue weighted by Gasteiger charge is 2.39. The number of benzene rings is 1. The Morgan fingerprint density at radius 1 is 1.10 bits per heavy atom. The van der Waals surface area contributed by atoms with Crippen molar-refractivity contribution < 1.29 is 14.7 Å². The number of nitrogens with two attached hydrogens (primary N) is 1. The number of hydrogen-bond donors (Lipinski definition) is 3. The summed E-state index contributed by atoms with van der Waals surface area (Å²) in [6.45, 7) is 1.70. The molecule has 4 aromatic rings. The number of aromatic hydroxyl groups is 1. The van der Waals surface area contributed by atoms with E-state index in [0.29, 0.717) is 33.9 Å². The molecule has 0 spiro atoms. The quantitative estimate of drug-likeness (QED) is 0.301. The molecule has 4 N–H and O–H groups in total. The van der Waals surface area contributed by atoms with Gasteiger partial charge in [-0.2, -0.15) is 0 Å². The number of carbonyl (C=O) groups is 2. The van der Waals surface area contributed by atoms with Crippen LogP contribution in [-0.4, -0.2) is 73.1 Å². The van der Waals surface area contributed by atoms with Crippen LogP contribution in [0.15, 0.2) is 41.7 Å². The molecule has 2 amide bonds. The molecule has 0 aliphatic carbocycles. The van der Waals surface area contributed by atoms with E-state index in [-0.39, 0.29) is 33.7 Å². The largest absolute Gasteiger partial charge is 0.506 e. The van der Waals surface area contributed by atoms with Gasteiger partial charge in [-0.3, -0.25) is 14.4 Å². The maximum Gasteiger partial charge on any atom is 0.263 e. The van der Waals surface area contributed by atoms with Crippen LogP contribution in [-0.2, 0) is 18.4 Å². The van der Waals surface area contributed by atoms with Gasteiger partial charge in [0, 0.05) is 50.0 Å². The van der Waals surface area contributed by atoms with E-state index in [2.05, 4.69) is 32.1 Å². The summed E-state index contributed by atoms with van der Waals surface area (Å²) in [5, 5.41) is 13.5. The number of halogens is 2. The van der Waals surface area contributed by atoms with E-state index < -0.39 is 17.6 Å². The first-order valence-corrected chi connectivity index (χ1v) is 14.1. The normalized spacial score (nSPS) is 18.5. The van der Waals surface area contributed by atoms with Crippen molar-refractivity contribution in [1.29, 1.82) is 0 Å². The van der Waals surface area contributed by atoms with Crippen LogP contribution in [0.25, 0.3) is 22.2 Å². The van der Waals surface area contributed by atoms with Crippen molar-refractivity contribution in [2.45, 2.75) is 31.5 Å². The molecule has 2 saturated heterocycles. The van der Waals surface area contributed by atoms with Gasteiger partial charge in [0.15, 0.2) is 0 Å². The molecule has 2 aliphatic rings. The van der Waals surface area contributed by atoms with Crippen LogP contribution in [0.1, 0.15) is 23.2 Å². The second kappa shape index (κ2) is 10.6. The SMILES string of the molecule is CN1CC2CCC(C1)N2c1cc(NC(=O)Cn2cc(-c3cc(Cl)c(O)c(C(N)=O)c3)c3c(=O)n(C)cnc32)c(Cl)cn1. The number of pyridine rings is 1. The number of nitrogens with one attached hydrogen (secondary N) is 1. The van der Waals surface area contributed by atoms with Crippen molar-refractivity contribution in [3.8, 4) is 16.9 Å². The topological polar surface area (TPSA) is 152 Å². The zero-order chi connectivity index (χ0) is 29.9. The minimum atomic E-state index is -0.886. The zero-order valence-electron chi connectivity index (χ0n) is 22.8. The third-order valence-electron chi connectivity index (χ3n) is 7.94. The minimum absolute atomic E-state index is 0.113. The molecule has 1 aromatic carbocycles. The molecular weight excluding hydrogens is 583 g/mol. The fourth-order valence-corrected chi connectivity index (χ4v) is 6.41. The Morgan fingerprint density at radius 3 is 2.50 bits per heavy atom. The number of piperazine rings is 1. The van der Waals surface area contributed by atoms with Crippen molar-refractivity contribution in [2.24, 2.45) is 12.8 Å². The van der Waals surface area contributed by atoms with Gasteiger partial charge in [-0.15, -0.1) is 0 Å². The maximum absolute atomic E-state index is 13.3. The van der Waals surface area contributed by atoms with Crippen molar-refractivity contribution in [2.75, 3.05) is 30.4 Å². The van der Waals surface area contributed by atoms with Crippen LogP contribution in [0.5, 0.6) is 5.75 Å². The first-order valence-electron chi connectivity index (χ1n) is 13.3. The van der Waals surface area contributed by atoms with E-state index in [1.54, 1.807) is 25.5 Å². The van der Waals surface area contributed by atoms with Crippen LogP contribution < -0.4 is 21.5 Å². The molecule has 2 atom stereocenters. The average molecular weight is 611 g/mol. The van der Waals surface area contributed by atoms with Crippen LogP contribution in [0, 0.1) is 0 Å². The van der Waals surface area contributed by atoms with Crippen molar-refractivity contribution in [3.63, 3.8) is 0 Å². The molecule has 5 heterocycles. The lowest BCUT2D eigenvalue weighted by atomic mass is 10.0. The number of carbonyl (C=O) groups excluding carboxylic acids is 2. The second-order valence-electron chi connectivity index (χ2n) is 10.8. The summed E-state index contributed by atoms with van der Waals surface area (Å²) in [6, 6.07) is 5.27. The smallest absolute Gasteiger partial charge is 0.263 e. The summed E-state index contributed by atoms with van der Waals surface area (Å²) in [7, 11) is 3.67. The Labute approximate surface area is 250 Å². The Bertz CT molecular complexity index is 1810. The Morgan fingerprint density at radius 2 is 1.81 bits per heavy atom. The number of aryl methyl sites for hydroxylation is 1. The van der Waals surface area contributed by atoms with Crippen molar-refractivity contribution in [3.05, 3.63) is 62.9 Å². The van der Waals surface area contributed by atoms with Gasteiger partial charge in [0.2, 0.25) is 5.91 Å². The standard InChI is InChI=1S/C28H28Cl2N8O4/c1-35-9-15-3-4-16(10-35)38(15)22-7-21(20(30)8-32-22)34-23(39)12-37-11-18(24-27(37)33-13-36(2)28(24)42)14-5-17(26(31)41)25(40)19(29)6-14/h5-8,11,13,15-16,40H,3-4,9-10,12H2,1-2H3,(H2,31,41)(H,32,34,39). The average Bonchev–Trinajstić information content (AvgIpc) is 3.43. The number of likely N-dealkylation sites (tertiary alicyclic amines) is 1. The first-order chi connectivity index (χ1) is 20.0. The summed E-state index contributed by atoms with van der Waals surface area (Å²) in [4.78, 5) is 52.0. The Balaban J connectivity index is 1.33. The fraction of sp³-hybridized carbons (Fsp3) is 0.321. The van der Waals surface area contributed by atoms with Gasteiger partial charge in [0.25, 0.3) is 11.5 Å². The number of fused-ring (bicyclic) bond motifs is 3. The van der Waals surface area contributed by atoms with E-state index in [1.165, 1.54) is 27.6 Å². The van der Waals surface area contributed by atoms with Gasteiger partial charge in [-0.05, 0) is 37.6 Å². The van der Waals surface area contributed by atoms with Gasteiger partial charge in [-0.1, -0.05) is 23.2 Å². The lowest BCUT2D eigenvalue weighted by Gasteiger charge is -2.40. The molecule has 6 rings (SSSR count). The van der Waals surface area contributed by atoms with Crippen LogP contribution in [0.2, 0.25) is 10.0 Å². The molecule has 218 valence electrons. The number of phenols is 1. The molecule has 2 bridgehead atoms. The number of aromatic nitrogens is 4. The van der Waals surface area contributed by atoms with E-state index in [0.717, 1.165) is 31.7 Å². The van der Waals surface area contributed by atoms with Crippen LogP contribution in [0.4, 0.5) is 11.5 Å². The van der Waals surface area contributed by atoms with Gasteiger partial charge in [0.1, 0.15) is 23.8 Å². The van der Waals surface area contributed by atoms with E-state index in [1.807, 2.05) is 0 Å². The summed E-state index contributed by atoms with van der Waals surface area (Å²) in [6.07, 6.45) is 6.66. The summed E-state index contributed by atoms with van der Waals surface area (Å²) < 4.78 is 2.83. The van der Waals surface area contributed by atoms with Crippen LogP contribution >= 0.6 is 23.2 Å². The third-order valence-corrected chi connectivity index (χ3v) is 8.52. The number of anilines is 2. The second-order valence-corrected chi connectivity index (χ2v) is 11.6. The monoisotopic (exact) mass is 610 g/mol. The molecule has 2 fully saturated rings. The molecule has 2 aliphatic heterocycles. The molecular formula is C28H28Cl2N8O4. The third kappa shape index (κ3) is 4.85. The number of hydrogen-bond acceptors (Lipinski definition) is 8. The Hall–Kier alpha value is -4.13. The predicted octanol–water partition coefficient (Wildman–Crippen LogP) is 2.83. The van der Waals surface area contributed by atoms with Crippen molar-refractivity contribution >= 4 is 57.6 Å². The van der Waals surface area contributed by atoms with E-state index in [9.17, 15) is 19.5 Å². The zero-order valence-corrected chi connectivity index (χ0v) is 24.4. The lowest BCUT2D eigenvalue weighted by molar-refractivity contribution is -0.116. The highest BCUT2D eigenvalue weighted by molar-refractivity contribution is 6.34. The van der Waals surface area contributed by atoms with Gasteiger partial charge in [0.05, 0.1) is 39.2 Å². The summed E-state index contributed by atoms with van der Waals surface area (Å²) in [5.74, 6) is -0.977. The molecule has 12 nitrogen and oxygen atoms in total. The molecule has 42 heavy (non-hydrogen) atoms. The Kier molecular flexibility index (Phi) is 7.08. The number of nitrogens with zero attached hydrogens (tertiary/aromatic N) is 6. The molecule has 0 radical (unpaired) electrons. The summed E-state index contributed by atoms with van der Waals surface area (Å²) in [5.41, 5.74) is 6.25. The molecule has 0 saturated carbocycles. The molecule has 2 unspecified atom stereocenters. The highest BCUT2D eigenvalue weighted by atomic mass is 35.5.